The predicted molar refractivity (Wildman–Crippen MR) is 117 cm³/mol. The zero-order valence-corrected chi connectivity index (χ0v) is 17.2. The molecule has 0 aliphatic carbocycles. The van der Waals surface area contributed by atoms with Gasteiger partial charge in [-0.15, -0.1) is 0 Å². The Hall–Kier alpha value is -3.87. The van der Waals surface area contributed by atoms with Crippen LogP contribution in [0.15, 0.2) is 77.4 Å². The van der Waals surface area contributed by atoms with Crippen LogP contribution in [0, 0.1) is 0 Å². The highest BCUT2D eigenvalue weighted by Gasteiger charge is 2.16. The molecular weight excluding hydrogens is 392 g/mol. The summed E-state index contributed by atoms with van der Waals surface area (Å²) in [5, 5.41) is 5.88. The number of nitrogens with one attached hydrogen (secondary N) is 2. The van der Waals surface area contributed by atoms with Gasteiger partial charge in [-0.25, -0.2) is 4.98 Å². The van der Waals surface area contributed by atoms with Crippen LogP contribution >= 0.6 is 0 Å². The minimum atomic E-state index is -0.276. The number of fused-ring (bicyclic) bond motifs is 1. The summed E-state index contributed by atoms with van der Waals surface area (Å²) in [6, 6.07) is 20.7. The van der Waals surface area contributed by atoms with Gasteiger partial charge < -0.3 is 19.6 Å². The molecule has 0 bridgehead atoms. The summed E-state index contributed by atoms with van der Waals surface area (Å²) in [6.45, 7) is 2.49. The molecule has 31 heavy (non-hydrogen) atoms. The van der Waals surface area contributed by atoms with Crippen LogP contribution < -0.4 is 10.6 Å². The van der Waals surface area contributed by atoms with Gasteiger partial charge in [-0.05, 0) is 36.8 Å². The number of aromatic nitrogens is 2. The molecule has 2 amide bonds. The quantitative estimate of drug-likeness (QED) is 0.460. The maximum absolute atomic E-state index is 12.8. The van der Waals surface area contributed by atoms with Crippen molar-refractivity contribution in [1.29, 1.82) is 0 Å². The van der Waals surface area contributed by atoms with Crippen LogP contribution in [-0.2, 0) is 17.8 Å². The van der Waals surface area contributed by atoms with Crippen molar-refractivity contribution >= 4 is 22.8 Å². The van der Waals surface area contributed by atoms with E-state index in [2.05, 4.69) is 15.6 Å². The first-order valence-electron chi connectivity index (χ1n) is 10.2. The van der Waals surface area contributed by atoms with E-state index in [4.69, 9.17) is 4.42 Å². The first-order valence-corrected chi connectivity index (χ1v) is 10.2. The van der Waals surface area contributed by atoms with Gasteiger partial charge in [0.2, 0.25) is 5.91 Å². The maximum atomic E-state index is 12.8. The third-order valence-corrected chi connectivity index (χ3v) is 5.09. The molecular formula is C24H24N4O3. The van der Waals surface area contributed by atoms with Gasteiger partial charge >= 0.3 is 0 Å². The molecule has 0 spiro atoms. The van der Waals surface area contributed by atoms with Gasteiger partial charge in [0, 0.05) is 13.0 Å². The molecule has 2 aromatic carbocycles. The Morgan fingerprint density at radius 2 is 1.81 bits per heavy atom. The van der Waals surface area contributed by atoms with E-state index in [1.54, 1.807) is 12.1 Å². The van der Waals surface area contributed by atoms with E-state index in [0.717, 1.165) is 22.4 Å². The summed E-state index contributed by atoms with van der Waals surface area (Å²) in [5.74, 6) is 0.633. The number of benzene rings is 2. The average molecular weight is 416 g/mol. The third kappa shape index (κ3) is 4.83. The molecule has 7 nitrogen and oxygen atoms in total. The van der Waals surface area contributed by atoms with E-state index in [0.29, 0.717) is 13.0 Å². The Morgan fingerprint density at radius 3 is 2.58 bits per heavy atom. The van der Waals surface area contributed by atoms with Crippen molar-refractivity contribution in [3.8, 4) is 0 Å². The molecule has 2 N–H and O–H groups in total. The maximum Gasteiger partial charge on any atom is 0.286 e. The number of nitrogens with zero attached hydrogens (tertiary/aromatic N) is 2. The van der Waals surface area contributed by atoms with Crippen molar-refractivity contribution in [2.45, 2.75) is 25.9 Å². The van der Waals surface area contributed by atoms with Crippen molar-refractivity contribution in [2.24, 2.45) is 0 Å². The largest absolute Gasteiger partial charge is 0.459 e. The molecule has 2 aromatic heterocycles. The molecule has 0 aliphatic rings. The smallest absolute Gasteiger partial charge is 0.286 e. The molecule has 1 unspecified atom stereocenters. The fourth-order valence-electron chi connectivity index (χ4n) is 3.53. The number of furan rings is 1. The number of hydrogen-bond donors (Lipinski definition) is 2. The molecule has 1 atom stereocenters. The lowest BCUT2D eigenvalue weighted by Crippen LogP contribution is -2.31. The van der Waals surface area contributed by atoms with Gasteiger partial charge in [0.05, 0.1) is 23.3 Å². The molecule has 2 heterocycles. The second kappa shape index (κ2) is 9.30. The molecule has 0 saturated carbocycles. The Morgan fingerprint density at radius 1 is 1.03 bits per heavy atom. The Bertz CT molecular complexity index is 1170. The van der Waals surface area contributed by atoms with Crippen LogP contribution in [0.1, 0.15) is 34.9 Å². The zero-order valence-electron chi connectivity index (χ0n) is 17.2. The summed E-state index contributed by atoms with van der Waals surface area (Å²) in [4.78, 5) is 29.5. The highest BCUT2D eigenvalue weighted by atomic mass is 16.3. The van der Waals surface area contributed by atoms with Gasteiger partial charge in [-0.3, -0.25) is 9.59 Å². The number of carbonyl (C=O) groups is 2. The highest BCUT2D eigenvalue weighted by Crippen LogP contribution is 2.17. The lowest BCUT2D eigenvalue weighted by Gasteiger charge is -2.16. The number of para-hydroxylation sites is 2. The summed E-state index contributed by atoms with van der Waals surface area (Å²) in [6.07, 6.45) is 1.95. The molecule has 0 saturated heterocycles. The van der Waals surface area contributed by atoms with E-state index in [-0.39, 0.29) is 30.2 Å². The first kappa shape index (κ1) is 20.4. The third-order valence-electron chi connectivity index (χ3n) is 5.09. The topological polar surface area (TPSA) is 89.2 Å². The SMILES string of the molecule is CC(NC(=O)Cn1c(CCNC(=O)c2ccco2)nc2ccccc21)c1ccccc1. The lowest BCUT2D eigenvalue weighted by atomic mass is 10.1. The van der Waals surface area contributed by atoms with Gasteiger partial charge in [0.15, 0.2) is 5.76 Å². The number of carbonyl (C=O) groups excluding carboxylic acids is 2. The monoisotopic (exact) mass is 416 g/mol. The summed E-state index contributed by atoms with van der Waals surface area (Å²) in [5.41, 5.74) is 2.75. The Balaban J connectivity index is 1.45. The molecule has 0 fully saturated rings. The first-order chi connectivity index (χ1) is 15.1. The van der Waals surface area contributed by atoms with E-state index < -0.39 is 0 Å². The molecule has 0 radical (unpaired) electrons. The molecule has 0 aliphatic heterocycles. The van der Waals surface area contributed by atoms with Gasteiger partial charge in [-0.1, -0.05) is 42.5 Å². The minimum absolute atomic E-state index is 0.0969. The standard InChI is InChI=1S/C24H24N4O3/c1-17(18-8-3-2-4-9-18)26-23(29)16-28-20-11-6-5-10-19(20)27-22(28)13-14-25-24(30)21-12-7-15-31-21/h2-12,15,17H,13-14,16H2,1H3,(H,25,30)(H,26,29). The molecule has 7 heteroatoms. The number of imidazole rings is 1. The Labute approximate surface area is 180 Å². The highest BCUT2D eigenvalue weighted by molar-refractivity contribution is 5.91. The van der Waals surface area contributed by atoms with Crippen LogP contribution in [0.2, 0.25) is 0 Å². The van der Waals surface area contributed by atoms with Crippen LogP contribution in [0.3, 0.4) is 0 Å². The van der Waals surface area contributed by atoms with Crippen molar-refractivity contribution < 1.29 is 14.0 Å². The fourth-order valence-corrected chi connectivity index (χ4v) is 3.53. The predicted octanol–water partition coefficient (Wildman–Crippen LogP) is 3.48. The van der Waals surface area contributed by atoms with Crippen molar-refractivity contribution in [1.82, 2.24) is 20.2 Å². The van der Waals surface area contributed by atoms with Crippen molar-refractivity contribution in [3.05, 3.63) is 90.1 Å². The van der Waals surface area contributed by atoms with Gasteiger partial charge in [0.25, 0.3) is 5.91 Å². The Kier molecular flexibility index (Phi) is 6.12. The number of amides is 2. The number of hydrogen-bond acceptors (Lipinski definition) is 4. The molecule has 4 rings (SSSR count). The molecule has 158 valence electrons. The van der Waals surface area contributed by atoms with E-state index in [1.165, 1.54) is 6.26 Å². The second-order valence-corrected chi connectivity index (χ2v) is 7.29. The summed E-state index contributed by atoms with van der Waals surface area (Å²) < 4.78 is 7.01. The van der Waals surface area contributed by atoms with Crippen molar-refractivity contribution in [3.63, 3.8) is 0 Å². The zero-order chi connectivity index (χ0) is 21.6. The van der Waals surface area contributed by atoms with E-state index in [9.17, 15) is 9.59 Å². The van der Waals surface area contributed by atoms with Crippen molar-refractivity contribution in [2.75, 3.05) is 6.54 Å². The normalized spacial score (nSPS) is 11.9. The number of rotatable bonds is 8. The van der Waals surface area contributed by atoms with Gasteiger partial charge in [-0.2, -0.15) is 0 Å². The van der Waals surface area contributed by atoms with Crippen LogP contribution in [0.25, 0.3) is 11.0 Å². The van der Waals surface area contributed by atoms with Gasteiger partial charge in [0.1, 0.15) is 12.4 Å². The fraction of sp³-hybridized carbons (Fsp3) is 0.208. The van der Waals surface area contributed by atoms with Crippen LogP contribution in [0.5, 0.6) is 0 Å². The van der Waals surface area contributed by atoms with Crippen LogP contribution in [-0.4, -0.2) is 27.9 Å². The van der Waals surface area contributed by atoms with Crippen LogP contribution in [0.4, 0.5) is 0 Å². The molecule has 4 aromatic rings. The average Bonchev–Trinajstić information content (AvgIpc) is 3.43. The van der Waals surface area contributed by atoms with E-state index >= 15 is 0 Å². The minimum Gasteiger partial charge on any atom is -0.459 e. The lowest BCUT2D eigenvalue weighted by molar-refractivity contribution is -0.122. The van der Waals surface area contributed by atoms with E-state index in [1.807, 2.05) is 66.1 Å². The summed E-state index contributed by atoms with van der Waals surface area (Å²) >= 11 is 0. The summed E-state index contributed by atoms with van der Waals surface area (Å²) in [7, 11) is 0. The second-order valence-electron chi connectivity index (χ2n) is 7.29.